The maximum absolute atomic E-state index is 12.6. The quantitative estimate of drug-likeness (QED) is 0.749. The third kappa shape index (κ3) is 3.43. The Balaban J connectivity index is 1.87. The van der Waals surface area contributed by atoms with Gasteiger partial charge in [-0.25, -0.2) is 0 Å². The Morgan fingerprint density at radius 2 is 1.87 bits per heavy atom. The van der Waals surface area contributed by atoms with E-state index in [0.717, 1.165) is 11.1 Å². The summed E-state index contributed by atoms with van der Waals surface area (Å²) in [6.45, 7) is 0. The van der Waals surface area contributed by atoms with Gasteiger partial charge in [0.15, 0.2) is 0 Å². The molecule has 0 radical (unpaired) electrons. The van der Waals surface area contributed by atoms with E-state index in [0.29, 0.717) is 22.7 Å². The van der Waals surface area contributed by atoms with Crippen LogP contribution in [-0.4, -0.2) is 15.3 Å². The summed E-state index contributed by atoms with van der Waals surface area (Å²) in [4.78, 5) is 26.5. The van der Waals surface area contributed by atoms with E-state index in [4.69, 9.17) is 11.6 Å². The van der Waals surface area contributed by atoms with Crippen LogP contribution in [0.2, 0.25) is 5.02 Å². The van der Waals surface area contributed by atoms with Crippen LogP contribution in [0.5, 0.6) is 0 Å². The molecule has 0 amide bonds. The van der Waals surface area contributed by atoms with E-state index in [9.17, 15) is 9.59 Å². The van der Waals surface area contributed by atoms with Gasteiger partial charge < -0.3 is 9.55 Å². The Kier molecular flexibility index (Phi) is 4.17. The number of H-pyrrole nitrogens is 1. The van der Waals surface area contributed by atoms with Gasteiger partial charge >= 0.3 is 0 Å². The van der Waals surface area contributed by atoms with Crippen molar-refractivity contribution < 1.29 is 4.79 Å². The average Bonchev–Trinajstić information content (AvgIpc) is 2.88. The first-order chi connectivity index (χ1) is 11.0. The monoisotopic (exact) mass is 326 g/mol. The van der Waals surface area contributed by atoms with E-state index in [1.165, 1.54) is 0 Å². The zero-order chi connectivity index (χ0) is 16.4. The number of carbonyl (C=O) groups excluding carboxylic acids is 1. The molecule has 0 aliphatic carbocycles. The third-order valence-electron chi connectivity index (χ3n) is 3.65. The van der Waals surface area contributed by atoms with Crippen LogP contribution in [0.4, 0.5) is 0 Å². The highest BCUT2D eigenvalue weighted by Gasteiger charge is 2.14. The van der Waals surface area contributed by atoms with Crippen molar-refractivity contribution >= 4 is 17.4 Å². The van der Waals surface area contributed by atoms with Crippen LogP contribution < -0.4 is 5.56 Å². The molecule has 116 valence electrons. The first-order valence-electron chi connectivity index (χ1n) is 7.16. The lowest BCUT2D eigenvalue weighted by molar-refractivity contribution is 0.103. The van der Waals surface area contributed by atoms with Crippen LogP contribution >= 0.6 is 11.6 Å². The number of nitrogens with zero attached hydrogens (tertiary/aromatic N) is 1. The summed E-state index contributed by atoms with van der Waals surface area (Å²) in [5, 5.41) is 0.600. The van der Waals surface area contributed by atoms with Crippen molar-refractivity contribution in [3.8, 4) is 0 Å². The van der Waals surface area contributed by atoms with Crippen LogP contribution in [-0.2, 0) is 13.5 Å². The molecule has 3 aromatic rings. The number of hydrogen-bond donors (Lipinski definition) is 1. The fraction of sp³-hybridized carbons (Fsp3) is 0.111. The van der Waals surface area contributed by atoms with E-state index < -0.39 is 0 Å². The molecule has 3 rings (SSSR count). The van der Waals surface area contributed by atoms with Crippen LogP contribution in [0.3, 0.4) is 0 Å². The van der Waals surface area contributed by atoms with Gasteiger partial charge in [0.1, 0.15) is 0 Å². The molecule has 0 atom stereocenters. The van der Waals surface area contributed by atoms with Crippen molar-refractivity contribution in [1.29, 1.82) is 0 Å². The van der Waals surface area contributed by atoms with Crippen LogP contribution in [0.1, 0.15) is 27.2 Å². The number of pyridine rings is 1. The minimum Gasteiger partial charge on any atom is -0.348 e. The standard InChI is InChI=1S/C18H15ClN2O2/c1-21-11-13(8-12-6-7-20-17(22)10-12)9-16(21)18(23)14-2-4-15(19)5-3-14/h2-7,9-11H,8H2,1H3,(H,20,22). The number of hydrogen-bond acceptors (Lipinski definition) is 2. The molecule has 0 saturated heterocycles. The molecule has 2 heterocycles. The Morgan fingerprint density at radius 1 is 1.13 bits per heavy atom. The molecule has 0 unspecified atom stereocenters. The summed E-state index contributed by atoms with van der Waals surface area (Å²) in [6.07, 6.45) is 4.14. The molecule has 1 N–H and O–H groups in total. The second-order valence-electron chi connectivity index (χ2n) is 5.42. The summed E-state index contributed by atoms with van der Waals surface area (Å²) < 4.78 is 1.81. The van der Waals surface area contributed by atoms with Gasteiger partial charge in [0.2, 0.25) is 11.3 Å². The van der Waals surface area contributed by atoms with Crippen molar-refractivity contribution in [2.24, 2.45) is 7.05 Å². The number of aromatic amines is 1. The normalized spacial score (nSPS) is 10.7. The fourth-order valence-electron chi connectivity index (χ4n) is 2.54. The lowest BCUT2D eigenvalue weighted by Crippen LogP contribution is -2.06. The van der Waals surface area contributed by atoms with Gasteiger partial charge in [-0.2, -0.15) is 0 Å². The molecule has 0 aliphatic heterocycles. The summed E-state index contributed by atoms with van der Waals surface area (Å²) in [6, 6.07) is 12.1. The van der Waals surface area contributed by atoms with Gasteiger partial charge in [0, 0.05) is 36.1 Å². The highest BCUT2D eigenvalue weighted by molar-refractivity contribution is 6.30. The first kappa shape index (κ1) is 15.3. The number of halogens is 1. The molecule has 0 fully saturated rings. The average molecular weight is 327 g/mol. The zero-order valence-corrected chi connectivity index (χ0v) is 13.3. The molecular formula is C18H15ClN2O2. The summed E-state index contributed by atoms with van der Waals surface area (Å²) in [7, 11) is 1.84. The minimum absolute atomic E-state index is 0.0543. The van der Waals surface area contributed by atoms with Crippen molar-refractivity contribution in [1.82, 2.24) is 9.55 Å². The largest absolute Gasteiger partial charge is 0.348 e. The number of carbonyl (C=O) groups is 1. The zero-order valence-electron chi connectivity index (χ0n) is 12.5. The molecule has 0 bridgehead atoms. The Bertz CT molecular complexity index is 907. The van der Waals surface area contributed by atoms with Gasteiger partial charge in [0.05, 0.1) is 5.69 Å². The lowest BCUT2D eigenvalue weighted by Gasteiger charge is -2.02. The number of aromatic nitrogens is 2. The maximum atomic E-state index is 12.6. The molecule has 2 aromatic heterocycles. The predicted molar refractivity (Wildman–Crippen MR) is 90.2 cm³/mol. The van der Waals surface area contributed by atoms with E-state index in [2.05, 4.69) is 4.98 Å². The van der Waals surface area contributed by atoms with E-state index >= 15 is 0 Å². The second kappa shape index (κ2) is 6.26. The van der Waals surface area contributed by atoms with Crippen molar-refractivity contribution in [3.63, 3.8) is 0 Å². The Labute approximate surface area is 138 Å². The Hall–Kier alpha value is -2.59. The highest BCUT2D eigenvalue weighted by Crippen LogP contribution is 2.17. The van der Waals surface area contributed by atoms with Crippen molar-refractivity contribution in [2.75, 3.05) is 0 Å². The third-order valence-corrected chi connectivity index (χ3v) is 3.90. The van der Waals surface area contributed by atoms with E-state index in [1.54, 1.807) is 41.1 Å². The summed E-state index contributed by atoms with van der Waals surface area (Å²) in [5.74, 6) is -0.0543. The van der Waals surface area contributed by atoms with Crippen molar-refractivity contribution in [2.45, 2.75) is 6.42 Å². The SMILES string of the molecule is Cn1cc(Cc2cc[nH]c(=O)c2)cc1C(=O)c1ccc(Cl)cc1. The topological polar surface area (TPSA) is 54.9 Å². The van der Waals surface area contributed by atoms with E-state index in [-0.39, 0.29) is 11.3 Å². The van der Waals surface area contributed by atoms with Crippen LogP contribution in [0.25, 0.3) is 0 Å². The van der Waals surface area contributed by atoms with Gasteiger partial charge in [0.25, 0.3) is 0 Å². The fourth-order valence-corrected chi connectivity index (χ4v) is 2.67. The molecule has 5 heteroatoms. The van der Waals surface area contributed by atoms with Crippen LogP contribution in [0, 0.1) is 0 Å². The number of ketones is 1. The van der Waals surface area contributed by atoms with Gasteiger partial charge in [-0.05, 0) is 53.9 Å². The highest BCUT2D eigenvalue weighted by atomic mass is 35.5. The minimum atomic E-state index is -0.129. The molecule has 23 heavy (non-hydrogen) atoms. The first-order valence-corrected chi connectivity index (χ1v) is 7.54. The molecule has 1 aromatic carbocycles. The number of benzene rings is 1. The summed E-state index contributed by atoms with van der Waals surface area (Å²) in [5.41, 5.74) is 2.96. The summed E-state index contributed by atoms with van der Waals surface area (Å²) >= 11 is 5.86. The lowest BCUT2D eigenvalue weighted by atomic mass is 10.1. The molecule has 0 aliphatic rings. The van der Waals surface area contributed by atoms with Crippen molar-refractivity contribution in [3.05, 3.63) is 92.6 Å². The number of nitrogens with one attached hydrogen (secondary N) is 1. The molecule has 4 nitrogen and oxygen atoms in total. The van der Waals surface area contributed by atoms with E-state index in [1.807, 2.05) is 25.4 Å². The van der Waals surface area contributed by atoms with Gasteiger partial charge in [-0.1, -0.05) is 11.6 Å². The molecule has 0 saturated carbocycles. The van der Waals surface area contributed by atoms with Gasteiger partial charge in [-0.3, -0.25) is 9.59 Å². The number of rotatable bonds is 4. The van der Waals surface area contributed by atoms with Crippen LogP contribution in [0.15, 0.2) is 59.7 Å². The second-order valence-corrected chi connectivity index (χ2v) is 5.85. The number of aryl methyl sites for hydroxylation is 1. The smallest absolute Gasteiger partial charge is 0.248 e. The Morgan fingerprint density at radius 3 is 2.57 bits per heavy atom. The molecular weight excluding hydrogens is 312 g/mol. The molecule has 0 spiro atoms. The maximum Gasteiger partial charge on any atom is 0.248 e. The predicted octanol–water partition coefficient (Wildman–Crippen LogP) is 3.19. The van der Waals surface area contributed by atoms with Gasteiger partial charge in [-0.15, -0.1) is 0 Å².